The summed E-state index contributed by atoms with van der Waals surface area (Å²) in [4.78, 5) is 23.9. The molecule has 0 saturated carbocycles. The first-order chi connectivity index (χ1) is 14.5. The van der Waals surface area contributed by atoms with E-state index in [4.69, 9.17) is 13.9 Å². The summed E-state index contributed by atoms with van der Waals surface area (Å²) < 4.78 is 15.9. The molecule has 3 rings (SSSR count). The van der Waals surface area contributed by atoms with Gasteiger partial charge in [-0.1, -0.05) is 50.6 Å². The Kier molecular flexibility index (Phi) is 7.07. The van der Waals surface area contributed by atoms with Gasteiger partial charge in [0.1, 0.15) is 11.3 Å². The van der Waals surface area contributed by atoms with E-state index in [2.05, 4.69) is 25.6 Å². The van der Waals surface area contributed by atoms with Crippen LogP contribution in [-0.4, -0.2) is 12.8 Å². The second-order valence-corrected chi connectivity index (χ2v) is 7.28. The van der Waals surface area contributed by atoms with E-state index in [1.54, 1.807) is 31.2 Å². The van der Waals surface area contributed by atoms with E-state index in [1.807, 2.05) is 12.1 Å². The van der Waals surface area contributed by atoms with Crippen LogP contribution < -0.4 is 10.4 Å². The van der Waals surface area contributed by atoms with Crippen LogP contribution in [-0.2, 0) is 16.0 Å². The van der Waals surface area contributed by atoms with Gasteiger partial charge in [0.05, 0.1) is 5.56 Å². The molecule has 0 bridgehead atoms. The normalized spacial score (nSPS) is 10.7. The molecule has 1 aromatic heterocycles. The monoisotopic (exact) mass is 406 g/mol. The van der Waals surface area contributed by atoms with Crippen molar-refractivity contribution in [1.82, 2.24) is 0 Å². The van der Waals surface area contributed by atoms with Crippen molar-refractivity contribution in [1.29, 1.82) is 0 Å². The predicted molar refractivity (Wildman–Crippen MR) is 118 cm³/mol. The van der Waals surface area contributed by atoms with Crippen molar-refractivity contribution in [3.8, 4) is 16.9 Å². The highest BCUT2D eigenvalue weighted by Crippen LogP contribution is 2.25. The SMILES string of the molecule is C=C(C)C(=O)OCOc1ccc2oc(=O)c(-c3ccc(CCCCC)cc3)cc2c1. The van der Waals surface area contributed by atoms with Crippen molar-refractivity contribution >= 4 is 16.9 Å². The minimum atomic E-state index is -0.512. The molecule has 0 unspecified atom stereocenters. The third kappa shape index (κ3) is 5.38. The maximum atomic E-state index is 12.5. The molecule has 30 heavy (non-hydrogen) atoms. The van der Waals surface area contributed by atoms with Gasteiger partial charge in [0.25, 0.3) is 0 Å². The van der Waals surface area contributed by atoms with Gasteiger partial charge in [0.2, 0.25) is 6.79 Å². The fourth-order valence-corrected chi connectivity index (χ4v) is 3.10. The molecule has 0 aliphatic carbocycles. The van der Waals surface area contributed by atoms with E-state index in [-0.39, 0.29) is 12.4 Å². The molecule has 0 radical (unpaired) electrons. The van der Waals surface area contributed by atoms with E-state index in [0.717, 1.165) is 17.4 Å². The number of ether oxygens (including phenoxy) is 2. The molecule has 0 fully saturated rings. The summed E-state index contributed by atoms with van der Waals surface area (Å²) in [5, 5.41) is 0.723. The summed E-state index contributed by atoms with van der Waals surface area (Å²) in [5.74, 6) is -0.00898. The molecule has 156 valence electrons. The number of aryl methyl sites for hydroxylation is 1. The summed E-state index contributed by atoms with van der Waals surface area (Å²) in [6.07, 6.45) is 4.61. The van der Waals surface area contributed by atoms with Crippen LogP contribution in [0.4, 0.5) is 0 Å². The zero-order valence-electron chi connectivity index (χ0n) is 17.4. The number of hydrogen-bond donors (Lipinski definition) is 0. The molecular formula is C25H26O5. The van der Waals surface area contributed by atoms with Crippen LogP contribution in [0.2, 0.25) is 0 Å². The molecule has 0 amide bonds. The third-order valence-electron chi connectivity index (χ3n) is 4.80. The molecule has 0 N–H and O–H groups in total. The quantitative estimate of drug-likeness (QED) is 0.151. The molecule has 0 aliphatic heterocycles. The smallest absolute Gasteiger partial charge is 0.344 e. The summed E-state index contributed by atoms with van der Waals surface area (Å²) in [6.45, 7) is 7.06. The fourth-order valence-electron chi connectivity index (χ4n) is 3.10. The minimum absolute atomic E-state index is 0.222. The van der Waals surface area contributed by atoms with E-state index in [1.165, 1.54) is 24.8 Å². The van der Waals surface area contributed by atoms with E-state index >= 15 is 0 Å². The van der Waals surface area contributed by atoms with Gasteiger partial charge < -0.3 is 13.9 Å². The predicted octanol–water partition coefficient (Wildman–Crippen LogP) is 5.65. The van der Waals surface area contributed by atoms with Gasteiger partial charge in [-0.15, -0.1) is 0 Å². The molecule has 1 heterocycles. The Morgan fingerprint density at radius 1 is 1.07 bits per heavy atom. The lowest BCUT2D eigenvalue weighted by Gasteiger charge is -2.09. The molecule has 2 aromatic carbocycles. The molecular weight excluding hydrogens is 380 g/mol. The largest absolute Gasteiger partial charge is 0.457 e. The first-order valence-corrected chi connectivity index (χ1v) is 10.1. The van der Waals surface area contributed by atoms with Gasteiger partial charge in [-0.25, -0.2) is 9.59 Å². The highest BCUT2D eigenvalue weighted by atomic mass is 16.7. The van der Waals surface area contributed by atoms with Gasteiger partial charge in [-0.05, 0) is 55.2 Å². The van der Waals surface area contributed by atoms with Crippen molar-refractivity contribution in [3.63, 3.8) is 0 Å². The Morgan fingerprint density at radius 2 is 1.83 bits per heavy atom. The maximum Gasteiger partial charge on any atom is 0.344 e. The molecule has 3 aromatic rings. The van der Waals surface area contributed by atoms with Crippen LogP contribution in [0.15, 0.2) is 69.9 Å². The Hall–Kier alpha value is -3.34. The number of hydrogen-bond acceptors (Lipinski definition) is 5. The zero-order valence-corrected chi connectivity index (χ0v) is 17.4. The number of carbonyl (C=O) groups is 1. The number of fused-ring (bicyclic) bond motifs is 1. The van der Waals surface area contributed by atoms with Crippen LogP contribution in [0.3, 0.4) is 0 Å². The summed E-state index contributed by atoms with van der Waals surface area (Å²) in [5.41, 5.74) is 2.95. The first-order valence-electron chi connectivity index (χ1n) is 10.1. The van der Waals surface area contributed by atoms with Gasteiger partial charge in [0, 0.05) is 11.0 Å². The zero-order chi connectivity index (χ0) is 21.5. The van der Waals surface area contributed by atoms with Crippen LogP contribution >= 0.6 is 0 Å². The number of esters is 1. The van der Waals surface area contributed by atoms with Gasteiger partial charge in [-0.2, -0.15) is 0 Å². The lowest BCUT2D eigenvalue weighted by atomic mass is 10.0. The summed E-state index contributed by atoms with van der Waals surface area (Å²) >= 11 is 0. The van der Waals surface area contributed by atoms with Crippen molar-refractivity contribution in [2.45, 2.75) is 39.5 Å². The Morgan fingerprint density at radius 3 is 2.53 bits per heavy atom. The molecule has 0 aliphatic rings. The van der Waals surface area contributed by atoms with Crippen LogP contribution in [0.25, 0.3) is 22.1 Å². The summed E-state index contributed by atoms with van der Waals surface area (Å²) in [6, 6.07) is 14.9. The van der Waals surface area contributed by atoms with Crippen LogP contribution in [0.1, 0.15) is 38.7 Å². The Labute approximate surface area is 175 Å². The minimum Gasteiger partial charge on any atom is -0.457 e. The van der Waals surface area contributed by atoms with Gasteiger partial charge in [-0.3, -0.25) is 0 Å². The van der Waals surface area contributed by atoms with Crippen molar-refractivity contribution in [3.05, 3.63) is 76.7 Å². The lowest BCUT2D eigenvalue weighted by Crippen LogP contribution is -2.10. The van der Waals surface area contributed by atoms with E-state index in [0.29, 0.717) is 22.5 Å². The number of carbonyl (C=O) groups excluding carboxylic acids is 1. The third-order valence-corrected chi connectivity index (χ3v) is 4.80. The highest BCUT2D eigenvalue weighted by Gasteiger charge is 2.10. The fraction of sp³-hybridized carbons (Fsp3) is 0.280. The topological polar surface area (TPSA) is 65.7 Å². The number of rotatable bonds is 9. The van der Waals surface area contributed by atoms with E-state index in [9.17, 15) is 9.59 Å². The van der Waals surface area contributed by atoms with Crippen LogP contribution in [0.5, 0.6) is 5.75 Å². The average molecular weight is 406 g/mol. The maximum absolute atomic E-state index is 12.5. The standard InChI is InChI=1S/C25H26O5/c1-4-5-6-7-18-8-10-19(11-9-18)22-15-20-14-21(12-13-23(20)30-25(22)27)28-16-29-24(26)17(2)3/h8-15H,2,4-7,16H2,1,3H3. The highest BCUT2D eigenvalue weighted by molar-refractivity contribution is 5.87. The molecule has 5 heteroatoms. The average Bonchev–Trinajstić information content (AvgIpc) is 2.74. The number of benzene rings is 2. The van der Waals surface area contributed by atoms with Crippen molar-refractivity contribution < 1.29 is 18.7 Å². The second kappa shape index (κ2) is 9.92. The van der Waals surface area contributed by atoms with Crippen molar-refractivity contribution in [2.24, 2.45) is 0 Å². The van der Waals surface area contributed by atoms with E-state index < -0.39 is 5.97 Å². The molecule has 0 spiro atoms. The summed E-state index contributed by atoms with van der Waals surface area (Å²) in [7, 11) is 0. The van der Waals surface area contributed by atoms with Gasteiger partial charge >= 0.3 is 11.6 Å². The Bertz CT molecular complexity index is 1090. The molecule has 0 atom stereocenters. The Balaban J connectivity index is 1.78. The first kappa shape index (κ1) is 21.4. The van der Waals surface area contributed by atoms with Crippen LogP contribution in [0, 0.1) is 0 Å². The van der Waals surface area contributed by atoms with Crippen molar-refractivity contribution in [2.75, 3.05) is 6.79 Å². The molecule has 0 saturated heterocycles. The lowest BCUT2D eigenvalue weighted by molar-refractivity contribution is -0.145. The second-order valence-electron chi connectivity index (χ2n) is 7.28. The number of unbranched alkanes of at least 4 members (excludes halogenated alkanes) is 2. The molecule has 5 nitrogen and oxygen atoms in total. The van der Waals surface area contributed by atoms with Gasteiger partial charge in [0.15, 0.2) is 0 Å².